The van der Waals surface area contributed by atoms with Crippen LogP contribution in [0.3, 0.4) is 0 Å². The second-order valence-electron chi connectivity index (χ2n) is 6.18. The largest absolute Gasteiger partial charge is 0.381 e. The van der Waals surface area contributed by atoms with Crippen LogP contribution in [0, 0.1) is 5.92 Å². The van der Waals surface area contributed by atoms with Crippen LogP contribution in [0.15, 0.2) is 0 Å². The van der Waals surface area contributed by atoms with Crippen molar-refractivity contribution in [3.05, 3.63) is 0 Å². The summed E-state index contributed by atoms with van der Waals surface area (Å²) in [5, 5.41) is 0. The van der Waals surface area contributed by atoms with Gasteiger partial charge in [-0.05, 0) is 38.6 Å². The van der Waals surface area contributed by atoms with Crippen molar-refractivity contribution in [1.29, 1.82) is 0 Å². The van der Waals surface area contributed by atoms with Crippen LogP contribution in [0.2, 0.25) is 0 Å². The Bertz CT molecular complexity index is 299. The van der Waals surface area contributed by atoms with E-state index < -0.39 is 0 Å². The summed E-state index contributed by atoms with van der Waals surface area (Å²) in [6.45, 7) is 5.19. The molecular weight excluding hydrogens is 254 g/mol. The highest BCUT2D eigenvalue weighted by molar-refractivity contribution is 5.77. The lowest BCUT2D eigenvalue weighted by atomic mass is 9.98. The summed E-state index contributed by atoms with van der Waals surface area (Å²) in [4.78, 5) is 16.5. The third-order valence-corrected chi connectivity index (χ3v) is 4.65. The first kappa shape index (κ1) is 15.7. The summed E-state index contributed by atoms with van der Waals surface area (Å²) < 4.78 is 5.40. The quantitative estimate of drug-likeness (QED) is 0.779. The van der Waals surface area contributed by atoms with Gasteiger partial charge in [0.1, 0.15) is 0 Å². The zero-order chi connectivity index (χ0) is 14.4. The SMILES string of the molecule is CN(CC1CCOCC1)C(CN)CC(=O)N1CCCC1. The van der Waals surface area contributed by atoms with E-state index >= 15 is 0 Å². The number of likely N-dealkylation sites (N-methyl/N-ethyl adjacent to an activating group) is 1. The number of nitrogens with two attached hydrogens (primary N) is 1. The van der Waals surface area contributed by atoms with Gasteiger partial charge in [0, 0.05) is 51.9 Å². The molecule has 2 fully saturated rings. The number of carbonyl (C=O) groups is 1. The molecule has 0 aromatic carbocycles. The van der Waals surface area contributed by atoms with Gasteiger partial charge in [0.15, 0.2) is 0 Å². The molecule has 0 aromatic rings. The van der Waals surface area contributed by atoms with Crippen LogP contribution in [0.4, 0.5) is 0 Å². The molecule has 1 amide bonds. The summed E-state index contributed by atoms with van der Waals surface area (Å²) in [7, 11) is 2.10. The van der Waals surface area contributed by atoms with Crippen LogP contribution >= 0.6 is 0 Å². The topological polar surface area (TPSA) is 58.8 Å². The lowest BCUT2D eigenvalue weighted by molar-refractivity contribution is -0.131. The van der Waals surface area contributed by atoms with Crippen molar-refractivity contribution in [1.82, 2.24) is 9.80 Å². The van der Waals surface area contributed by atoms with Gasteiger partial charge in [-0.1, -0.05) is 0 Å². The fourth-order valence-electron chi connectivity index (χ4n) is 3.20. The fraction of sp³-hybridized carbons (Fsp3) is 0.933. The maximum atomic E-state index is 12.2. The fourth-order valence-corrected chi connectivity index (χ4v) is 3.20. The Hall–Kier alpha value is -0.650. The van der Waals surface area contributed by atoms with E-state index in [9.17, 15) is 4.79 Å². The highest BCUT2D eigenvalue weighted by Gasteiger charge is 2.25. The summed E-state index contributed by atoms with van der Waals surface area (Å²) in [5.41, 5.74) is 5.89. The first-order valence-electron chi connectivity index (χ1n) is 7.96. The third-order valence-electron chi connectivity index (χ3n) is 4.65. The number of ether oxygens (including phenoxy) is 1. The Labute approximate surface area is 122 Å². The van der Waals surface area contributed by atoms with Gasteiger partial charge in [-0.3, -0.25) is 4.79 Å². The van der Waals surface area contributed by atoms with Crippen molar-refractivity contribution >= 4 is 5.91 Å². The van der Waals surface area contributed by atoms with Crippen LogP contribution < -0.4 is 5.73 Å². The van der Waals surface area contributed by atoms with Crippen molar-refractivity contribution in [3.8, 4) is 0 Å². The minimum absolute atomic E-state index is 0.172. The maximum Gasteiger partial charge on any atom is 0.224 e. The van der Waals surface area contributed by atoms with E-state index in [4.69, 9.17) is 10.5 Å². The molecule has 0 saturated carbocycles. The van der Waals surface area contributed by atoms with Gasteiger partial charge in [-0.25, -0.2) is 0 Å². The zero-order valence-electron chi connectivity index (χ0n) is 12.7. The minimum atomic E-state index is 0.172. The molecule has 0 spiro atoms. The van der Waals surface area contributed by atoms with E-state index in [1.165, 1.54) is 0 Å². The van der Waals surface area contributed by atoms with Crippen LogP contribution in [0.5, 0.6) is 0 Å². The van der Waals surface area contributed by atoms with Gasteiger partial charge in [0.05, 0.1) is 0 Å². The molecule has 0 bridgehead atoms. The highest BCUT2D eigenvalue weighted by atomic mass is 16.5. The Morgan fingerprint density at radius 1 is 1.35 bits per heavy atom. The van der Waals surface area contributed by atoms with Crippen LogP contribution in [0.1, 0.15) is 32.1 Å². The number of nitrogens with zero attached hydrogens (tertiary/aromatic N) is 2. The van der Waals surface area contributed by atoms with Crippen molar-refractivity contribution in [2.45, 2.75) is 38.1 Å². The molecule has 5 heteroatoms. The van der Waals surface area contributed by atoms with Crippen molar-refractivity contribution in [2.24, 2.45) is 11.7 Å². The maximum absolute atomic E-state index is 12.2. The van der Waals surface area contributed by atoms with Crippen molar-refractivity contribution in [3.63, 3.8) is 0 Å². The van der Waals surface area contributed by atoms with Gasteiger partial charge in [0.25, 0.3) is 0 Å². The zero-order valence-corrected chi connectivity index (χ0v) is 12.7. The van der Waals surface area contributed by atoms with Crippen molar-refractivity contribution in [2.75, 3.05) is 46.4 Å². The van der Waals surface area contributed by atoms with Crippen molar-refractivity contribution < 1.29 is 9.53 Å². The molecular formula is C15H29N3O2. The summed E-state index contributed by atoms with van der Waals surface area (Å²) in [6, 6.07) is 0.172. The average molecular weight is 283 g/mol. The van der Waals surface area contributed by atoms with Gasteiger partial charge in [-0.2, -0.15) is 0 Å². The van der Waals surface area contributed by atoms with E-state index in [1.54, 1.807) is 0 Å². The first-order chi connectivity index (χ1) is 9.70. The highest BCUT2D eigenvalue weighted by Crippen LogP contribution is 2.18. The first-order valence-corrected chi connectivity index (χ1v) is 7.96. The predicted octanol–water partition coefficient (Wildman–Crippen LogP) is 0.685. The predicted molar refractivity (Wildman–Crippen MR) is 79.4 cm³/mol. The molecule has 2 rings (SSSR count). The Balaban J connectivity index is 1.78. The number of amides is 1. The number of hydrogen-bond donors (Lipinski definition) is 1. The van der Waals surface area contributed by atoms with Gasteiger partial charge in [0.2, 0.25) is 5.91 Å². The smallest absolute Gasteiger partial charge is 0.224 e. The Kier molecular flexibility index (Phi) is 6.26. The Morgan fingerprint density at radius 2 is 2.00 bits per heavy atom. The normalized spacial score (nSPS) is 22.4. The second-order valence-corrected chi connectivity index (χ2v) is 6.18. The standard InChI is InChI=1S/C15H29N3O2/c1-17(12-13-4-8-20-9-5-13)14(11-16)10-15(19)18-6-2-3-7-18/h13-14H,2-12,16H2,1H3. The molecule has 2 aliphatic rings. The van der Waals surface area contributed by atoms with E-state index in [0.717, 1.165) is 58.5 Å². The van der Waals surface area contributed by atoms with Gasteiger partial charge in [-0.15, -0.1) is 0 Å². The number of carbonyl (C=O) groups excluding carboxylic acids is 1. The molecule has 2 saturated heterocycles. The molecule has 1 unspecified atom stereocenters. The molecule has 5 nitrogen and oxygen atoms in total. The van der Waals surface area contributed by atoms with Crippen LogP contribution in [-0.2, 0) is 9.53 Å². The molecule has 0 aromatic heterocycles. The summed E-state index contributed by atoms with van der Waals surface area (Å²) in [5.74, 6) is 0.960. The lowest BCUT2D eigenvalue weighted by Crippen LogP contribution is -2.44. The number of hydrogen-bond acceptors (Lipinski definition) is 4. The number of likely N-dealkylation sites (tertiary alicyclic amines) is 1. The Morgan fingerprint density at radius 3 is 2.60 bits per heavy atom. The van der Waals surface area contributed by atoms with E-state index in [2.05, 4.69) is 11.9 Å². The molecule has 20 heavy (non-hydrogen) atoms. The monoisotopic (exact) mass is 283 g/mol. The second kappa shape index (κ2) is 7.96. The van der Waals surface area contributed by atoms with Crippen LogP contribution in [-0.4, -0.2) is 68.2 Å². The molecule has 0 aliphatic carbocycles. The average Bonchev–Trinajstić information content (AvgIpc) is 2.99. The van der Waals surface area contributed by atoms with E-state index in [-0.39, 0.29) is 11.9 Å². The summed E-state index contributed by atoms with van der Waals surface area (Å²) >= 11 is 0. The van der Waals surface area contributed by atoms with E-state index in [0.29, 0.717) is 18.9 Å². The van der Waals surface area contributed by atoms with Gasteiger partial charge < -0.3 is 20.3 Å². The minimum Gasteiger partial charge on any atom is -0.381 e. The van der Waals surface area contributed by atoms with Crippen LogP contribution in [0.25, 0.3) is 0 Å². The third kappa shape index (κ3) is 4.43. The lowest BCUT2D eigenvalue weighted by Gasteiger charge is -2.32. The van der Waals surface area contributed by atoms with E-state index in [1.807, 2.05) is 4.90 Å². The molecule has 116 valence electrons. The molecule has 1 atom stereocenters. The molecule has 2 aliphatic heterocycles. The van der Waals surface area contributed by atoms with Gasteiger partial charge >= 0.3 is 0 Å². The molecule has 2 heterocycles. The number of rotatable bonds is 6. The summed E-state index contributed by atoms with van der Waals surface area (Å²) in [6.07, 6.45) is 5.12. The molecule has 0 radical (unpaired) electrons. The molecule has 2 N–H and O–H groups in total.